The van der Waals surface area contributed by atoms with Crippen molar-refractivity contribution in [2.24, 2.45) is 0 Å². The van der Waals surface area contributed by atoms with Crippen LogP contribution in [0.25, 0.3) is 42.4 Å². The van der Waals surface area contributed by atoms with Gasteiger partial charge in [-0.2, -0.15) is 0 Å². The van der Waals surface area contributed by atoms with Gasteiger partial charge in [-0.1, -0.05) is 122 Å². The topological polar surface area (TPSA) is 6.48 Å². The zero-order chi connectivity index (χ0) is 37.2. The van der Waals surface area contributed by atoms with Crippen molar-refractivity contribution in [1.29, 1.82) is 0 Å². The minimum Gasteiger partial charge on any atom is -0.311 e. The maximum atomic E-state index is 2.55. The Morgan fingerprint density at radius 2 is 1.04 bits per heavy atom. The Balaban J connectivity index is 0.964. The summed E-state index contributed by atoms with van der Waals surface area (Å²) < 4.78 is 2.68. The van der Waals surface area contributed by atoms with Crippen LogP contribution in [0.3, 0.4) is 0 Å². The number of hydrogen-bond acceptors (Lipinski definition) is 3. The fourth-order valence-electron chi connectivity index (χ4n) is 11.2. The van der Waals surface area contributed by atoms with Crippen LogP contribution >= 0.6 is 11.3 Å². The van der Waals surface area contributed by atoms with E-state index >= 15 is 0 Å². The number of nitrogens with zero attached hydrogens (tertiary/aromatic N) is 2. The molecule has 0 bridgehead atoms. The molecule has 0 unspecified atom stereocenters. The van der Waals surface area contributed by atoms with E-state index in [1.54, 1.807) is 0 Å². The van der Waals surface area contributed by atoms with Crippen LogP contribution in [0.5, 0.6) is 0 Å². The van der Waals surface area contributed by atoms with Gasteiger partial charge in [0.1, 0.15) is 0 Å². The van der Waals surface area contributed by atoms with Gasteiger partial charge < -0.3 is 9.80 Å². The Morgan fingerprint density at radius 3 is 1.82 bits per heavy atom. The minimum atomic E-state index is 0.124. The highest BCUT2D eigenvalue weighted by Crippen LogP contribution is 2.58. The van der Waals surface area contributed by atoms with Crippen molar-refractivity contribution in [2.45, 2.75) is 31.1 Å². The van der Waals surface area contributed by atoms with E-state index in [-0.39, 0.29) is 12.1 Å². The van der Waals surface area contributed by atoms with Gasteiger partial charge in [0.2, 0.25) is 0 Å². The molecule has 0 amide bonds. The number of rotatable bonds is 3. The van der Waals surface area contributed by atoms with Crippen molar-refractivity contribution in [3.63, 3.8) is 0 Å². The van der Waals surface area contributed by atoms with E-state index in [4.69, 9.17) is 0 Å². The Kier molecular flexibility index (Phi) is 6.60. The van der Waals surface area contributed by atoms with Gasteiger partial charge in [0.05, 0.1) is 0 Å². The van der Waals surface area contributed by atoms with Gasteiger partial charge in [-0.25, -0.2) is 0 Å². The van der Waals surface area contributed by atoms with Crippen molar-refractivity contribution in [3.8, 4) is 22.3 Å². The molecule has 268 valence electrons. The third-order valence-corrected chi connectivity index (χ3v) is 14.8. The lowest BCUT2D eigenvalue weighted by Crippen LogP contribution is -2.61. The third-order valence-electron chi connectivity index (χ3n) is 13.6. The van der Waals surface area contributed by atoms with Gasteiger partial charge in [0.25, 0.3) is 6.71 Å². The van der Waals surface area contributed by atoms with Crippen LogP contribution in [-0.4, -0.2) is 6.71 Å². The molecule has 3 heterocycles. The van der Waals surface area contributed by atoms with Crippen molar-refractivity contribution < 1.29 is 0 Å². The first-order valence-corrected chi connectivity index (χ1v) is 21.2. The summed E-state index contributed by atoms with van der Waals surface area (Å²) in [4.78, 5) is 5.05. The van der Waals surface area contributed by atoms with Crippen LogP contribution < -0.4 is 26.2 Å². The van der Waals surface area contributed by atoms with E-state index < -0.39 is 0 Å². The predicted octanol–water partition coefficient (Wildman–Crippen LogP) is 12.6. The van der Waals surface area contributed by atoms with Crippen LogP contribution in [0.1, 0.15) is 36.8 Å². The van der Waals surface area contributed by atoms with Crippen LogP contribution in [-0.2, 0) is 5.41 Å². The Labute approximate surface area is 337 Å². The monoisotopic (exact) mass is 744 g/mol. The molecule has 1 aromatic heterocycles. The number of fused-ring (bicyclic) bond motifs is 12. The number of benzene rings is 8. The summed E-state index contributed by atoms with van der Waals surface area (Å²) in [5.74, 6) is 0. The second kappa shape index (κ2) is 11.8. The molecule has 0 N–H and O–H groups in total. The molecule has 9 aromatic rings. The van der Waals surface area contributed by atoms with E-state index in [0.717, 1.165) is 0 Å². The van der Waals surface area contributed by atoms with Gasteiger partial charge >= 0.3 is 0 Å². The lowest BCUT2D eigenvalue weighted by molar-refractivity contribution is 0.550. The normalized spacial score (nSPS) is 15.5. The molecule has 2 nitrogen and oxygen atoms in total. The molecular formula is C53H37BN2S. The molecule has 1 spiro atoms. The number of para-hydroxylation sites is 2. The third kappa shape index (κ3) is 4.37. The van der Waals surface area contributed by atoms with Crippen molar-refractivity contribution in [3.05, 3.63) is 187 Å². The minimum absolute atomic E-state index is 0.124. The zero-order valence-electron chi connectivity index (χ0n) is 31.5. The van der Waals surface area contributed by atoms with Gasteiger partial charge in [-0.15, -0.1) is 11.3 Å². The van der Waals surface area contributed by atoms with Gasteiger partial charge in [0, 0.05) is 59.7 Å². The molecule has 2 aliphatic carbocycles. The maximum Gasteiger partial charge on any atom is 0.252 e. The first-order chi connectivity index (χ1) is 28.2. The first kappa shape index (κ1) is 31.8. The molecular weight excluding hydrogens is 707 g/mol. The van der Waals surface area contributed by atoms with Gasteiger partial charge in [0.15, 0.2) is 0 Å². The molecule has 4 heteroatoms. The van der Waals surface area contributed by atoms with Crippen LogP contribution in [0.15, 0.2) is 176 Å². The van der Waals surface area contributed by atoms with E-state index in [0.29, 0.717) is 0 Å². The summed E-state index contributed by atoms with van der Waals surface area (Å²) >= 11 is 1.87. The maximum absolute atomic E-state index is 2.55. The fraction of sp³-hybridized carbons (Fsp3) is 0.0943. The predicted molar refractivity (Wildman–Crippen MR) is 243 cm³/mol. The number of hydrogen-bond donors (Lipinski definition) is 0. The standard InChI is InChI=1S/C53H37BN2S/c1-3-14-42-38(12-1)40-33-37(27-28-43(40)53(42)30-9-10-31-53)56-47-18-7-5-16-45(47)54-44-15-4-6-17-46(44)55(48-19-11-20-49(56)52(48)54)36-25-22-34(23-26-36)35-24-29-51-41(32-35)39-13-2-8-21-50(39)57-51/h1-8,11-29,32-33H,9-10,30-31H2. The second-order valence-electron chi connectivity index (χ2n) is 16.4. The molecule has 13 rings (SSSR count). The molecule has 8 aromatic carbocycles. The summed E-state index contributed by atoms with van der Waals surface area (Å²) in [7, 11) is 0. The van der Waals surface area contributed by atoms with Crippen LogP contribution in [0, 0.1) is 0 Å². The Bertz CT molecular complexity index is 3120. The van der Waals surface area contributed by atoms with Gasteiger partial charge in [-0.05, 0) is 129 Å². The number of anilines is 6. The van der Waals surface area contributed by atoms with Gasteiger partial charge in [-0.3, -0.25) is 0 Å². The molecule has 1 saturated carbocycles. The zero-order valence-corrected chi connectivity index (χ0v) is 32.3. The highest BCUT2D eigenvalue weighted by Gasteiger charge is 2.46. The van der Waals surface area contributed by atoms with E-state index in [9.17, 15) is 0 Å². The molecule has 0 saturated heterocycles. The van der Waals surface area contributed by atoms with Crippen molar-refractivity contribution in [1.82, 2.24) is 0 Å². The average molecular weight is 745 g/mol. The second-order valence-corrected chi connectivity index (χ2v) is 17.4. The Morgan fingerprint density at radius 1 is 0.439 bits per heavy atom. The molecule has 4 aliphatic rings. The molecule has 0 radical (unpaired) electrons. The fourth-order valence-corrected chi connectivity index (χ4v) is 12.3. The largest absolute Gasteiger partial charge is 0.311 e. The lowest BCUT2D eigenvalue weighted by Gasteiger charge is -2.44. The quantitative estimate of drug-likeness (QED) is 0.166. The average Bonchev–Trinajstić information content (AvgIpc) is 3.99. The highest BCUT2D eigenvalue weighted by atomic mass is 32.1. The summed E-state index contributed by atoms with van der Waals surface area (Å²) in [6.45, 7) is 0.124. The van der Waals surface area contributed by atoms with E-state index in [1.807, 2.05) is 11.3 Å². The summed E-state index contributed by atoms with van der Waals surface area (Å²) in [5, 5.41) is 2.67. The van der Waals surface area contributed by atoms with Crippen molar-refractivity contribution >= 4 is 88.7 Å². The molecule has 2 aliphatic heterocycles. The number of thiophene rings is 1. The van der Waals surface area contributed by atoms with Crippen LogP contribution in [0.4, 0.5) is 34.1 Å². The Hall–Kier alpha value is -6.36. The summed E-state index contributed by atoms with van der Waals surface area (Å²) in [6, 6.07) is 66.6. The van der Waals surface area contributed by atoms with E-state index in [2.05, 4.69) is 186 Å². The van der Waals surface area contributed by atoms with E-state index in [1.165, 1.54) is 130 Å². The van der Waals surface area contributed by atoms with Crippen LogP contribution in [0.2, 0.25) is 0 Å². The summed E-state index contributed by atoms with van der Waals surface area (Å²) in [6.07, 6.45) is 5.09. The molecule has 1 fully saturated rings. The highest BCUT2D eigenvalue weighted by molar-refractivity contribution is 7.25. The molecule has 57 heavy (non-hydrogen) atoms. The smallest absolute Gasteiger partial charge is 0.252 e. The summed E-state index contributed by atoms with van der Waals surface area (Å²) in [5.41, 5.74) is 20.0. The first-order valence-electron chi connectivity index (χ1n) is 20.4. The van der Waals surface area contributed by atoms with Crippen molar-refractivity contribution in [2.75, 3.05) is 9.80 Å². The molecule has 0 atom stereocenters. The lowest BCUT2D eigenvalue weighted by atomic mass is 9.33. The SMILES string of the molecule is c1ccc2c(c1)B1c3ccccc3N(c3ccc4c(c3)-c3ccccc3C43CCCC3)c3cccc(c31)N2c1ccc(-c2ccc3sc4ccccc4c3c2)cc1.